The molecule has 10 heteroatoms. The van der Waals surface area contributed by atoms with Crippen molar-refractivity contribution in [1.82, 2.24) is 10.9 Å². The Morgan fingerprint density at radius 1 is 0.800 bits per heavy atom. The predicted molar refractivity (Wildman–Crippen MR) is 96.0 cm³/mol. The van der Waals surface area contributed by atoms with Gasteiger partial charge in [0.15, 0.2) is 23.0 Å². The van der Waals surface area contributed by atoms with Crippen LogP contribution in [0.5, 0.6) is 23.0 Å². The first-order valence-corrected chi connectivity index (χ1v) is 6.67. The van der Waals surface area contributed by atoms with Crippen LogP contribution in [0.1, 0.15) is 11.1 Å². The fraction of sp³-hybridized carbons (Fsp3) is 0. The lowest BCUT2D eigenvalue weighted by atomic mass is 10.2. The minimum absolute atomic E-state index is 0. The lowest BCUT2D eigenvalue weighted by molar-refractivity contribution is 0.403. The van der Waals surface area contributed by atoms with Gasteiger partial charge in [0.1, 0.15) is 0 Å². The van der Waals surface area contributed by atoms with E-state index in [4.69, 9.17) is 5.41 Å². The van der Waals surface area contributed by atoms with Gasteiger partial charge in [-0.05, 0) is 24.3 Å². The number of para-hydroxylation sites is 2. The number of hydrogen-bond acceptors (Lipinski definition) is 7. The molecule has 25 heavy (non-hydrogen) atoms. The van der Waals surface area contributed by atoms with Gasteiger partial charge in [-0.1, -0.05) is 12.1 Å². The number of rotatable bonds is 4. The zero-order chi connectivity index (χ0) is 17.5. The second kappa shape index (κ2) is 8.99. The molecule has 0 aliphatic carbocycles. The molecule has 0 radical (unpaired) electrons. The van der Waals surface area contributed by atoms with Crippen molar-refractivity contribution in [3.8, 4) is 23.0 Å². The number of nitrogens with zero attached hydrogens (tertiary/aromatic N) is 2. The van der Waals surface area contributed by atoms with Gasteiger partial charge in [-0.2, -0.15) is 10.2 Å². The van der Waals surface area contributed by atoms with Crippen LogP contribution in [0.25, 0.3) is 0 Å². The summed E-state index contributed by atoms with van der Waals surface area (Å²) in [5.74, 6) is -1.47. The summed E-state index contributed by atoms with van der Waals surface area (Å²) in [5.41, 5.74) is 5.16. The minimum atomic E-state index is -0.320. The van der Waals surface area contributed by atoms with E-state index >= 15 is 0 Å². The van der Waals surface area contributed by atoms with Gasteiger partial charge in [-0.15, -0.1) is 12.4 Å². The molecule has 7 N–H and O–H groups in total. The summed E-state index contributed by atoms with van der Waals surface area (Å²) in [6.45, 7) is 0. The zero-order valence-electron chi connectivity index (χ0n) is 12.7. The highest BCUT2D eigenvalue weighted by Crippen LogP contribution is 2.27. The van der Waals surface area contributed by atoms with Crippen molar-refractivity contribution in [2.75, 3.05) is 0 Å². The fourth-order valence-electron chi connectivity index (χ4n) is 1.66. The van der Waals surface area contributed by atoms with Crippen LogP contribution in [0.3, 0.4) is 0 Å². The van der Waals surface area contributed by atoms with Gasteiger partial charge in [-0.25, -0.2) is 10.9 Å². The topological polar surface area (TPSA) is 154 Å². The van der Waals surface area contributed by atoms with E-state index in [-0.39, 0.29) is 52.5 Å². The highest BCUT2D eigenvalue weighted by atomic mass is 35.5. The first-order chi connectivity index (χ1) is 11.5. The molecule has 0 aromatic heterocycles. The number of halogens is 1. The summed E-state index contributed by atoms with van der Waals surface area (Å²) >= 11 is 0. The molecule has 2 rings (SSSR count). The third-order valence-corrected chi connectivity index (χ3v) is 2.85. The summed E-state index contributed by atoms with van der Waals surface area (Å²) in [5, 5.41) is 52.8. The van der Waals surface area contributed by atoms with Gasteiger partial charge in [0, 0.05) is 11.1 Å². The van der Waals surface area contributed by atoms with Crippen LogP contribution < -0.4 is 10.9 Å². The van der Waals surface area contributed by atoms with E-state index in [2.05, 4.69) is 21.1 Å². The first-order valence-electron chi connectivity index (χ1n) is 6.67. The van der Waals surface area contributed by atoms with Crippen LogP contribution in [-0.4, -0.2) is 38.8 Å². The Morgan fingerprint density at radius 2 is 1.20 bits per heavy atom. The Bertz CT molecular complexity index is 745. The Hall–Kier alpha value is -3.46. The van der Waals surface area contributed by atoms with Crippen LogP contribution in [0.15, 0.2) is 46.6 Å². The predicted octanol–water partition coefficient (Wildman–Crippen LogP) is 1.41. The smallest absolute Gasteiger partial charge is 0.230 e. The van der Waals surface area contributed by atoms with E-state index in [1.807, 2.05) is 0 Å². The molecular weight excluding hydrogens is 350 g/mol. The summed E-state index contributed by atoms with van der Waals surface area (Å²) < 4.78 is 0. The van der Waals surface area contributed by atoms with E-state index < -0.39 is 0 Å². The standard InChI is InChI=1S/C15H15N5O4.ClH/c16-15(19-17-7-9-3-1-5-11(21)13(9)23)20-18-8-10-4-2-6-12(22)14(10)24;/h1-8,21-24H,(H3,16,19,20);1H. The van der Waals surface area contributed by atoms with Gasteiger partial charge in [0.25, 0.3) is 0 Å². The lowest BCUT2D eigenvalue weighted by Gasteiger charge is -2.03. The maximum absolute atomic E-state index is 9.57. The van der Waals surface area contributed by atoms with E-state index in [0.29, 0.717) is 0 Å². The number of aromatic hydroxyl groups is 4. The van der Waals surface area contributed by atoms with Gasteiger partial charge >= 0.3 is 0 Å². The van der Waals surface area contributed by atoms with Gasteiger partial charge in [0.05, 0.1) is 12.4 Å². The maximum Gasteiger partial charge on any atom is 0.230 e. The van der Waals surface area contributed by atoms with Crippen LogP contribution in [0.4, 0.5) is 0 Å². The fourth-order valence-corrected chi connectivity index (χ4v) is 1.66. The maximum atomic E-state index is 9.57. The number of hydrazone groups is 2. The van der Waals surface area contributed by atoms with Gasteiger partial charge in [0.2, 0.25) is 5.96 Å². The van der Waals surface area contributed by atoms with E-state index in [1.165, 1.54) is 48.8 Å². The third kappa shape index (κ3) is 5.29. The van der Waals surface area contributed by atoms with E-state index in [0.717, 1.165) is 0 Å². The second-order valence-corrected chi connectivity index (χ2v) is 4.54. The van der Waals surface area contributed by atoms with Crippen molar-refractivity contribution >= 4 is 30.8 Å². The molecular formula is C15H16ClN5O4. The average molecular weight is 366 g/mol. The molecule has 132 valence electrons. The molecule has 0 spiro atoms. The molecule has 0 fully saturated rings. The van der Waals surface area contributed by atoms with Crippen LogP contribution in [0.2, 0.25) is 0 Å². The third-order valence-electron chi connectivity index (χ3n) is 2.85. The number of nitrogens with one attached hydrogen (secondary N) is 3. The number of phenolic OH excluding ortho intramolecular Hbond substituents is 4. The number of phenols is 4. The van der Waals surface area contributed by atoms with Crippen molar-refractivity contribution in [2.45, 2.75) is 0 Å². The van der Waals surface area contributed by atoms with Crippen molar-refractivity contribution < 1.29 is 20.4 Å². The van der Waals surface area contributed by atoms with Crippen molar-refractivity contribution in [3.63, 3.8) is 0 Å². The van der Waals surface area contributed by atoms with Crippen LogP contribution in [-0.2, 0) is 0 Å². The van der Waals surface area contributed by atoms with Gasteiger partial charge < -0.3 is 20.4 Å². The van der Waals surface area contributed by atoms with Gasteiger partial charge in [-0.3, -0.25) is 5.41 Å². The van der Waals surface area contributed by atoms with Crippen molar-refractivity contribution in [1.29, 1.82) is 5.41 Å². The van der Waals surface area contributed by atoms with Crippen molar-refractivity contribution in [2.24, 2.45) is 10.2 Å². The quantitative estimate of drug-likeness (QED) is 0.188. The zero-order valence-corrected chi connectivity index (χ0v) is 13.5. The summed E-state index contributed by atoms with van der Waals surface area (Å²) in [6, 6.07) is 8.78. The molecule has 0 saturated carbocycles. The number of benzene rings is 2. The monoisotopic (exact) mass is 365 g/mol. The summed E-state index contributed by atoms with van der Waals surface area (Å²) in [6.07, 6.45) is 2.44. The highest BCUT2D eigenvalue weighted by molar-refractivity contribution is 5.88. The molecule has 0 saturated heterocycles. The molecule has 0 atom stereocenters. The molecule has 2 aromatic carbocycles. The highest BCUT2D eigenvalue weighted by Gasteiger charge is 2.03. The van der Waals surface area contributed by atoms with Crippen LogP contribution in [0, 0.1) is 5.41 Å². The van der Waals surface area contributed by atoms with E-state index in [1.54, 1.807) is 0 Å². The Balaban J connectivity index is 0.00000312. The molecule has 2 aromatic rings. The molecule has 9 nitrogen and oxygen atoms in total. The molecule has 0 bridgehead atoms. The molecule has 0 unspecified atom stereocenters. The lowest BCUT2D eigenvalue weighted by Crippen LogP contribution is -2.29. The van der Waals surface area contributed by atoms with E-state index in [9.17, 15) is 20.4 Å². The Morgan fingerprint density at radius 3 is 1.60 bits per heavy atom. The van der Waals surface area contributed by atoms with Crippen LogP contribution >= 0.6 is 12.4 Å². The first kappa shape index (κ1) is 19.6. The number of hydrogen-bond donors (Lipinski definition) is 7. The summed E-state index contributed by atoms with van der Waals surface area (Å²) in [7, 11) is 0. The number of guanidine groups is 1. The molecule has 0 aliphatic heterocycles. The second-order valence-electron chi connectivity index (χ2n) is 4.54. The molecule has 0 heterocycles. The summed E-state index contributed by atoms with van der Waals surface area (Å²) in [4.78, 5) is 0. The van der Waals surface area contributed by atoms with Crippen molar-refractivity contribution in [3.05, 3.63) is 47.5 Å². The largest absolute Gasteiger partial charge is 0.504 e. The molecule has 0 amide bonds. The SMILES string of the molecule is Cl.N=C(NN=Cc1cccc(O)c1O)NN=Cc1cccc(O)c1O. The molecule has 0 aliphatic rings. The Kier molecular flexibility index (Phi) is 7.04. The normalized spacial score (nSPS) is 10.6. The minimum Gasteiger partial charge on any atom is -0.504 e. The Labute approximate surface area is 148 Å². The average Bonchev–Trinajstić information content (AvgIpc) is 2.55.